The zero-order valence-corrected chi connectivity index (χ0v) is 5.97. The molecule has 0 aromatic rings. The zero-order chi connectivity index (χ0) is 7.94. The van der Waals surface area contributed by atoms with Gasteiger partial charge in [0.05, 0.1) is 6.54 Å². The maximum Gasteiger partial charge on any atom is 0.187 e. The van der Waals surface area contributed by atoms with Crippen LogP contribution in [-0.4, -0.2) is 19.0 Å². The van der Waals surface area contributed by atoms with Gasteiger partial charge in [-0.3, -0.25) is 4.99 Å². The van der Waals surface area contributed by atoms with Crippen molar-refractivity contribution in [2.24, 2.45) is 10.1 Å². The van der Waals surface area contributed by atoms with Crippen molar-refractivity contribution in [1.82, 2.24) is 0 Å². The monoisotopic (exact) mass is 152 g/mol. The van der Waals surface area contributed by atoms with Crippen molar-refractivity contribution in [3.63, 3.8) is 0 Å². The van der Waals surface area contributed by atoms with Crippen LogP contribution in [0.3, 0.4) is 0 Å². The van der Waals surface area contributed by atoms with Gasteiger partial charge >= 0.3 is 0 Å². The van der Waals surface area contributed by atoms with Crippen molar-refractivity contribution >= 4 is 5.90 Å². The van der Waals surface area contributed by atoms with Gasteiger partial charge in [-0.2, -0.15) is 0 Å². The van der Waals surface area contributed by atoms with Crippen molar-refractivity contribution in [2.45, 2.75) is 6.42 Å². The number of aliphatic imine (C=N–C) groups is 1. The normalized spacial score (nSPS) is 15.8. The molecule has 1 heterocycles. The Morgan fingerprint density at radius 3 is 3.36 bits per heavy atom. The van der Waals surface area contributed by atoms with Crippen LogP contribution in [0.2, 0.25) is 0 Å². The summed E-state index contributed by atoms with van der Waals surface area (Å²) in [5.74, 6) is 0.717. The van der Waals surface area contributed by atoms with Gasteiger partial charge in [0, 0.05) is 11.3 Å². The molecule has 11 heavy (non-hydrogen) atoms. The van der Waals surface area contributed by atoms with Crippen LogP contribution in [0.1, 0.15) is 6.42 Å². The Labute approximate surface area is 64.0 Å². The van der Waals surface area contributed by atoms with Crippen molar-refractivity contribution in [2.75, 3.05) is 13.2 Å². The molecule has 0 aromatic heterocycles. The molecule has 0 spiro atoms. The Morgan fingerprint density at radius 1 is 1.82 bits per heavy atom. The summed E-state index contributed by atoms with van der Waals surface area (Å²) in [4.78, 5) is 6.60. The molecule has 0 aliphatic carbocycles. The molecule has 5 heteroatoms. The average Bonchev–Trinajstić information content (AvgIpc) is 2.50. The van der Waals surface area contributed by atoms with Crippen molar-refractivity contribution in [1.29, 1.82) is 0 Å². The van der Waals surface area contributed by atoms with Gasteiger partial charge in [0.2, 0.25) is 0 Å². The first kappa shape index (κ1) is 7.63. The average molecular weight is 152 g/mol. The van der Waals surface area contributed by atoms with E-state index >= 15 is 0 Å². The predicted octanol–water partition coefficient (Wildman–Crippen LogP) is 1.63. The van der Waals surface area contributed by atoms with Crippen LogP contribution >= 0.6 is 0 Å². The lowest BCUT2D eigenvalue weighted by molar-refractivity contribution is 0.341. The standard InChI is InChI=1S/C6H8N4O/c7-10-9-3-1-2-6-8-4-5-11-6/h1,3H,2,4-5H2. The summed E-state index contributed by atoms with van der Waals surface area (Å²) < 4.78 is 5.10. The molecule has 0 saturated heterocycles. The summed E-state index contributed by atoms with van der Waals surface area (Å²) in [7, 11) is 0. The summed E-state index contributed by atoms with van der Waals surface area (Å²) in [6.07, 6.45) is 3.72. The molecular weight excluding hydrogens is 144 g/mol. The summed E-state index contributed by atoms with van der Waals surface area (Å²) in [5.41, 5.74) is 7.90. The highest BCUT2D eigenvalue weighted by atomic mass is 16.5. The Kier molecular flexibility index (Phi) is 3.02. The molecule has 0 saturated carbocycles. The second-order valence-corrected chi connectivity index (χ2v) is 1.92. The van der Waals surface area contributed by atoms with Gasteiger partial charge in [-0.25, -0.2) is 0 Å². The van der Waals surface area contributed by atoms with E-state index < -0.39 is 0 Å². The second kappa shape index (κ2) is 4.35. The summed E-state index contributed by atoms with van der Waals surface area (Å²) in [6, 6.07) is 0. The van der Waals surface area contributed by atoms with Crippen molar-refractivity contribution in [3.05, 3.63) is 22.7 Å². The molecule has 58 valence electrons. The molecule has 0 aromatic carbocycles. The van der Waals surface area contributed by atoms with Gasteiger partial charge < -0.3 is 4.74 Å². The largest absolute Gasteiger partial charge is 0.479 e. The van der Waals surface area contributed by atoms with Gasteiger partial charge in [0.15, 0.2) is 5.90 Å². The minimum absolute atomic E-state index is 0.610. The Bertz CT molecular complexity index is 227. The minimum Gasteiger partial charge on any atom is -0.479 e. The first-order valence-electron chi connectivity index (χ1n) is 3.29. The molecule has 0 unspecified atom stereocenters. The van der Waals surface area contributed by atoms with Crippen LogP contribution in [0.15, 0.2) is 22.4 Å². The van der Waals surface area contributed by atoms with Gasteiger partial charge in [0.1, 0.15) is 6.61 Å². The van der Waals surface area contributed by atoms with E-state index in [4.69, 9.17) is 10.3 Å². The molecule has 1 rings (SSSR count). The van der Waals surface area contributed by atoms with Gasteiger partial charge in [0.25, 0.3) is 0 Å². The fourth-order valence-electron chi connectivity index (χ4n) is 0.733. The Morgan fingerprint density at radius 2 is 2.73 bits per heavy atom. The predicted molar refractivity (Wildman–Crippen MR) is 41.2 cm³/mol. The fourth-order valence-corrected chi connectivity index (χ4v) is 0.733. The van der Waals surface area contributed by atoms with E-state index in [-0.39, 0.29) is 0 Å². The summed E-state index contributed by atoms with van der Waals surface area (Å²) >= 11 is 0. The summed E-state index contributed by atoms with van der Waals surface area (Å²) in [5, 5.41) is 3.22. The van der Waals surface area contributed by atoms with E-state index in [0.717, 1.165) is 12.4 Å². The third-order valence-electron chi connectivity index (χ3n) is 1.16. The molecule has 0 radical (unpaired) electrons. The van der Waals surface area contributed by atoms with E-state index in [1.165, 1.54) is 6.20 Å². The van der Waals surface area contributed by atoms with E-state index in [2.05, 4.69) is 15.0 Å². The van der Waals surface area contributed by atoms with Crippen LogP contribution in [0.4, 0.5) is 0 Å². The van der Waals surface area contributed by atoms with Crippen LogP contribution in [0, 0.1) is 0 Å². The maximum absolute atomic E-state index is 7.90. The third kappa shape index (κ3) is 2.73. The lowest BCUT2D eigenvalue weighted by Crippen LogP contribution is -1.95. The number of azide groups is 1. The molecule has 0 amide bonds. The first-order chi connectivity index (χ1) is 5.43. The Hall–Kier alpha value is -1.48. The zero-order valence-electron chi connectivity index (χ0n) is 5.97. The van der Waals surface area contributed by atoms with Crippen molar-refractivity contribution < 1.29 is 4.74 Å². The molecule has 0 fully saturated rings. The van der Waals surface area contributed by atoms with Crippen LogP contribution in [-0.2, 0) is 4.74 Å². The minimum atomic E-state index is 0.610. The number of ether oxygens (including phenoxy) is 1. The first-order valence-corrected chi connectivity index (χ1v) is 3.29. The third-order valence-corrected chi connectivity index (χ3v) is 1.16. The number of rotatable bonds is 3. The quantitative estimate of drug-likeness (QED) is 0.344. The molecule has 0 bridgehead atoms. The number of hydrogen-bond acceptors (Lipinski definition) is 3. The van der Waals surface area contributed by atoms with E-state index in [1.54, 1.807) is 6.08 Å². The topological polar surface area (TPSA) is 70.4 Å². The number of hydrogen-bond donors (Lipinski definition) is 0. The smallest absolute Gasteiger partial charge is 0.187 e. The lowest BCUT2D eigenvalue weighted by Gasteiger charge is -1.93. The molecule has 0 atom stereocenters. The SMILES string of the molecule is [N-]=[N+]=NC=CCC1=NCCO1. The molecular formula is C6H8N4O. The van der Waals surface area contributed by atoms with Gasteiger partial charge in [-0.1, -0.05) is 11.2 Å². The molecule has 5 nitrogen and oxygen atoms in total. The van der Waals surface area contributed by atoms with Crippen molar-refractivity contribution in [3.8, 4) is 0 Å². The molecule has 1 aliphatic heterocycles. The van der Waals surface area contributed by atoms with Crippen LogP contribution in [0.5, 0.6) is 0 Å². The highest BCUT2D eigenvalue weighted by Gasteiger charge is 2.02. The Balaban J connectivity index is 2.26. The van der Waals surface area contributed by atoms with Gasteiger partial charge in [-0.05, 0) is 11.7 Å². The lowest BCUT2D eigenvalue weighted by atomic mass is 10.4. The van der Waals surface area contributed by atoms with Crippen LogP contribution in [0.25, 0.3) is 10.4 Å². The second-order valence-electron chi connectivity index (χ2n) is 1.92. The van der Waals surface area contributed by atoms with Crippen LogP contribution < -0.4 is 0 Å². The maximum atomic E-state index is 7.90. The number of nitrogens with zero attached hydrogens (tertiary/aromatic N) is 4. The van der Waals surface area contributed by atoms with Gasteiger partial charge in [-0.15, -0.1) is 0 Å². The highest BCUT2D eigenvalue weighted by molar-refractivity contribution is 5.78. The van der Waals surface area contributed by atoms with E-state index in [0.29, 0.717) is 13.0 Å². The highest BCUT2D eigenvalue weighted by Crippen LogP contribution is 1.98. The summed E-state index contributed by atoms with van der Waals surface area (Å²) in [6.45, 7) is 1.41. The van der Waals surface area contributed by atoms with E-state index in [1.807, 2.05) is 0 Å². The molecule has 0 N–H and O–H groups in total. The fraction of sp³-hybridized carbons (Fsp3) is 0.500. The van der Waals surface area contributed by atoms with E-state index in [9.17, 15) is 0 Å². The molecule has 1 aliphatic rings.